The number of allylic oxidation sites excluding steroid dienone is 3. The summed E-state index contributed by atoms with van der Waals surface area (Å²) in [5, 5.41) is 0.386. The molecule has 0 amide bonds. The summed E-state index contributed by atoms with van der Waals surface area (Å²) in [5.41, 5.74) is 2.84. The first-order chi connectivity index (χ1) is 5.52. The molecule has 0 aliphatic rings. The first-order valence-corrected chi connectivity index (χ1v) is 5.02. The Morgan fingerprint density at radius 1 is 1.33 bits per heavy atom. The Bertz CT molecular complexity index is 171. The third-order valence-corrected chi connectivity index (χ3v) is 1.77. The molecule has 0 aliphatic carbocycles. The van der Waals surface area contributed by atoms with Crippen molar-refractivity contribution in [3.05, 3.63) is 23.3 Å². The summed E-state index contributed by atoms with van der Waals surface area (Å²) >= 11 is 4.31. The van der Waals surface area contributed by atoms with Gasteiger partial charge in [0.05, 0.1) is 0 Å². The maximum absolute atomic E-state index is 4.31. The van der Waals surface area contributed by atoms with E-state index in [9.17, 15) is 0 Å². The molecule has 0 spiro atoms. The Labute approximate surface area is 82.2 Å². The molecule has 1 heteroatoms. The summed E-state index contributed by atoms with van der Waals surface area (Å²) in [6.45, 7) is 8.54. The fourth-order valence-corrected chi connectivity index (χ4v) is 1.34. The number of hydrogen-bond acceptors (Lipinski definition) is 1. The monoisotopic (exact) mass is 184 g/mol. The van der Waals surface area contributed by atoms with Crippen molar-refractivity contribution in [3.8, 4) is 0 Å². The lowest BCUT2D eigenvalue weighted by molar-refractivity contribution is 0.955. The van der Waals surface area contributed by atoms with Gasteiger partial charge in [-0.2, -0.15) is 12.6 Å². The van der Waals surface area contributed by atoms with Crippen molar-refractivity contribution in [1.29, 1.82) is 0 Å². The molecule has 0 aromatic carbocycles. The maximum Gasteiger partial charge on any atom is 0.0170 e. The highest BCUT2D eigenvalue weighted by molar-refractivity contribution is 7.81. The second-order valence-electron chi connectivity index (χ2n) is 3.57. The molecule has 0 rings (SSSR count). The minimum Gasteiger partial charge on any atom is -0.172 e. The minimum atomic E-state index is 0.386. The van der Waals surface area contributed by atoms with E-state index in [-0.39, 0.29) is 0 Å². The fourth-order valence-electron chi connectivity index (χ4n) is 1.08. The lowest BCUT2D eigenvalue weighted by Crippen LogP contribution is -1.86. The van der Waals surface area contributed by atoms with Gasteiger partial charge in [0.15, 0.2) is 0 Å². The molecule has 0 saturated carbocycles. The Morgan fingerprint density at radius 3 is 2.33 bits per heavy atom. The lowest BCUT2D eigenvalue weighted by Gasteiger charge is -2.00. The van der Waals surface area contributed by atoms with Gasteiger partial charge in [-0.3, -0.25) is 0 Å². The molecule has 1 unspecified atom stereocenters. The third-order valence-electron chi connectivity index (χ3n) is 1.62. The highest BCUT2D eigenvalue weighted by Crippen LogP contribution is 2.09. The highest BCUT2D eigenvalue weighted by atomic mass is 32.1. The van der Waals surface area contributed by atoms with Crippen LogP contribution in [0.15, 0.2) is 23.3 Å². The number of hydrogen-bond donors (Lipinski definition) is 1. The Kier molecular flexibility index (Phi) is 6.27. The molecule has 0 heterocycles. The zero-order chi connectivity index (χ0) is 9.56. The first-order valence-electron chi connectivity index (χ1n) is 4.51. The normalized spacial score (nSPS) is 14.2. The summed E-state index contributed by atoms with van der Waals surface area (Å²) in [6, 6.07) is 0. The smallest absolute Gasteiger partial charge is 0.0170 e. The highest BCUT2D eigenvalue weighted by Gasteiger charge is 1.91. The Morgan fingerprint density at radius 2 is 1.92 bits per heavy atom. The molecule has 0 N–H and O–H groups in total. The van der Waals surface area contributed by atoms with Crippen LogP contribution in [-0.2, 0) is 0 Å². The second-order valence-corrected chi connectivity index (χ2v) is 4.39. The van der Waals surface area contributed by atoms with Crippen LogP contribution in [0.3, 0.4) is 0 Å². The number of rotatable bonds is 4. The van der Waals surface area contributed by atoms with Crippen LogP contribution in [-0.4, -0.2) is 5.25 Å². The minimum absolute atomic E-state index is 0.386. The topological polar surface area (TPSA) is 0 Å². The molecule has 70 valence electrons. The van der Waals surface area contributed by atoms with Crippen LogP contribution in [0.1, 0.15) is 40.5 Å². The molecule has 0 aromatic heterocycles. The third kappa shape index (κ3) is 7.93. The van der Waals surface area contributed by atoms with Crippen molar-refractivity contribution < 1.29 is 0 Å². The van der Waals surface area contributed by atoms with E-state index >= 15 is 0 Å². The molecule has 1 atom stereocenters. The molecule has 0 saturated heterocycles. The van der Waals surface area contributed by atoms with Crippen molar-refractivity contribution in [2.45, 2.75) is 45.8 Å². The molecule has 0 nitrogen and oxygen atoms in total. The van der Waals surface area contributed by atoms with Crippen LogP contribution in [0.4, 0.5) is 0 Å². The maximum atomic E-state index is 4.31. The zero-order valence-corrected chi connectivity index (χ0v) is 9.49. The van der Waals surface area contributed by atoms with Gasteiger partial charge in [-0.1, -0.05) is 23.3 Å². The Balaban J connectivity index is 3.71. The average molecular weight is 184 g/mol. The molecule has 0 fully saturated rings. The van der Waals surface area contributed by atoms with Gasteiger partial charge in [-0.15, -0.1) is 0 Å². The van der Waals surface area contributed by atoms with Gasteiger partial charge in [0.25, 0.3) is 0 Å². The lowest BCUT2D eigenvalue weighted by atomic mass is 10.1. The fraction of sp³-hybridized carbons (Fsp3) is 0.636. The van der Waals surface area contributed by atoms with Crippen LogP contribution < -0.4 is 0 Å². The van der Waals surface area contributed by atoms with Gasteiger partial charge in [-0.05, 0) is 40.5 Å². The van der Waals surface area contributed by atoms with Crippen LogP contribution in [0.2, 0.25) is 0 Å². The molecular weight excluding hydrogens is 164 g/mol. The van der Waals surface area contributed by atoms with Gasteiger partial charge in [0.2, 0.25) is 0 Å². The van der Waals surface area contributed by atoms with E-state index in [1.54, 1.807) is 0 Å². The van der Waals surface area contributed by atoms with Gasteiger partial charge in [0.1, 0.15) is 0 Å². The predicted molar refractivity (Wildman–Crippen MR) is 60.9 cm³/mol. The van der Waals surface area contributed by atoms with Gasteiger partial charge in [-0.25, -0.2) is 0 Å². The van der Waals surface area contributed by atoms with Crippen molar-refractivity contribution in [2.24, 2.45) is 0 Å². The SMILES string of the molecule is CC(C)=CCC/C(C)=C\C(C)S. The predicted octanol–water partition coefficient (Wildman–Crippen LogP) is 4.00. The molecule has 12 heavy (non-hydrogen) atoms. The van der Waals surface area contributed by atoms with E-state index in [1.165, 1.54) is 11.1 Å². The average Bonchev–Trinajstić information content (AvgIpc) is 1.84. The number of thiol groups is 1. The van der Waals surface area contributed by atoms with Crippen molar-refractivity contribution in [2.75, 3.05) is 0 Å². The van der Waals surface area contributed by atoms with E-state index in [4.69, 9.17) is 0 Å². The van der Waals surface area contributed by atoms with Gasteiger partial charge >= 0.3 is 0 Å². The summed E-state index contributed by atoms with van der Waals surface area (Å²) in [5.74, 6) is 0. The van der Waals surface area contributed by atoms with E-state index in [0.717, 1.165) is 12.8 Å². The van der Waals surface area contributed by atoms with E-state index in [0.29, 0.717) is 5.25 Å². The molecule has 0 aliphatic heterocycles. The molecule has 0 radical (unpaired) electrons. The van der Waals surface area contributed by atoms with Crippen molar-refractivity contribution >= 4 is 12.6 Å². The summed E-state index contributed by atoms with van der Waals surface area (Å²) in [7, 11) is 0. The van der Waals surface area contributed by atoms with Gasteiger partial charge in [0, 0.05) is 5.25 Å². The van der Waals surface area contributed by atoms with Crippen LogP contribution >= 0.6 is 12.6 Å². The van der Waals surface area contributed by atoms with Crippen molar-refractivity contribution in [1.82, 2.24) is 0 Å². The quantitative estimate of drug-likeness (QED) is 0.495. The van der Waals surface area contributed by atoms with Crippen LogP contribution in [0.5, 0.6) is 0 Å². The van der Waals surface area contributed by atoms with Gasteiger partial charge < -0.3 is 0 Å². The molecule has 0 bridgehead atoms. The molecular formula is C11H20S. The standard InChI is InChI=1S/C11H20S/c1-9(2)6-5-7-10(3)8-11(4)12/h6,8,11-12H,5,7H2,1-4H3/b10-8-. The second kappa shape index (κ2) is 6.36. The van der Waals surface area contributed by atoms with E-state index in [2.05, 4.69) is 52.5 Å². The molecule has 0 aromatic rings. The summed E-state index contributed by atoms with van der Waals surface area (Å²) < 4.78 is 0. The summed E-state index contributed by atoms with van der Waals surface area (Å²) in [6.07, 6.45) is 6.81. The van der Waals surface area contributed by atoms with Crippen LogP contribution in [0, 0.1) is 0 Å². The van der Waals surface area contributed by atoms with E-state index < -0.39 is 0 Å². The van der Waals surface area contributed by atoms with E-state index in [1.807, 2.05) is 0 Å². The van der Waals surface area contributed by atoms with Crippen LogP contribution in [0.25, 0.3) is 0 Å². The Hall–Kier alpha value is -0.170. The largest absolute Gasteiger partial charge is 0.172 e. The first kappa shape index (κ1) is 11.8. The summed E-state index contributed by atoms with van der Waals surface area (Å²) in [4.78, 5) is 0. The zero-order valence-electron chi connectivity index (χ0n) is 8.59. The van der Waals surface area contributed by atoms with Crippen molar-refractivity contribution in [3.63, 3.8) is 0 Å².